The first-order valence-corrected chi connectivity index (χ1v) is 21.7. The monoisotopic (exact) mass is 818 g/mol. The van der Waals surface area contributed by atoms with Crippen LogP contribution in [0, 0.1) is 0 Å². The SMILES string of the molecule is COP(O)(=S)OC1C(O)[C@@H](COP(O)(=S)OC2C(O)[C@@H](COP(O)(O)=S)O[C@H]2n2cnc3c(N)ncnc32)O[C@H]1n1cnc2c(N)ncnc21. The van der Waals surface area contributed by atoms with Crippen molar-refractivity contribution in [2.24, 2.45) is 0 Å². The Morgan fingerprint density at radius 3 is 1.60 bits per heavy atom. The van der Waals surface area contributed by atoms with Crippen molar-refractivity contribution < 1.29 is 61.9 Å². The molecule has 29 heteroatoms. The number of nitrogens with zero attached hydrogens (tertiary/aromatic N) is 8. The smallest absolute Gasteiger partial charge is 0.325 e. The Labute approximate surface area is 295 Å². The summed E-state index contributed by atoms with van der Waals surface area (Å²) in [7, 11) is 1.13. The van der Waals surface area contributed by atoms with Gasteiger partial charge in [0.25, 0.3) is 0 Å². The van der Waals surface area contributed by atoms with Crippen LogP contribution in [0.15, 0.2) is 25.3 Å². The topological polar surface area (TPSA) is 325 Å². The Bertz CT molecular complexity index is 2020. The zero-order valence-corrected chi connectivity index (χ0v) is 30.3. The highest BCUT2D eigenvalue weighted by molar-refractivity contribution is 8.07. The Kier molecular flexibility index (Phi) is 11.0. The molecule has 0 amide bonds. The number of nitrogens with two attached hydrogens (primary N) is 2. The molecule has 0 aromatic carbocycles. The number of hydrogen-bond acceptors (Lipinski definition) is 20. The lowest BCUT2D eigenvalue weighted by Crippen LogP contribution is -2.36. The Balaban J connectivity index is 1.23. The molecule has 0 radical (unpaired) electrons. The number of rotatable bonds is 13. The first-order valence-electron chi connectivity index (χ1n) is 13.9. The van der Waals surface area contributed by atoms with E-state index in [-0.39, 0.29) is 34.0 Å². The van der Waals surface area contributed by atoms with Crippen LogP contribution in [0.4, 0.5) is 11.6 Å². The van der Waals surface area contributed by atoms with Crippen molar-refractivity contribution in [3.8, 4) is 0 Å². The van der Waals surface area contributed by atoms with Crippen molar-refractivity contribution >= 4 is 89.5 Å². The summed E-state index contributed by atoms with van der Waals surface area (Å²) in [5, 5.41) is 22.4. The van der Waals surface area contributed by atoms with Crippen LogP contribution < -0.4 is 11.5 Å². The second-order valence-corrected chi connectivity index (χ2v) is 19.0. The third-order valence-electron chi connectivity index (χ3n) is 7.50. The normalized spacial score (nSPS) is 29.8. The molecule has 6 rings (SSSR count). The zero-order valence-electron chi connectivity index (χ0n) is 25.2. The van der Waals surface area contributed by atoms with E-state index in [1.807, 2.05) is 0 Å². The summed E-state index contributed by atoms with van der Waals surface area (Å²) < 4.78 is 41.3. The minimum absolute atomic E-state index is 0.0407. The van der Waals surface area contributed by atoms with E-state index in [9.17, 15) is 29.8 Å². The molecule has 2 saturated heterocycles. The highest BCUT2D eigenvalue weighted by atomic mass is 32.5. The fourth-order valence-electron chi connectivity index (χ4n) is 5.22. The van der Waals surface area contributed by atoms with Gasteiger partial charge in [-0.15, -0.1) is 0 Å². The van der Waals surface area contributed by atoms with E-state index < -0.39 is 82.4 Å². The van der Waals surface area contributed by atoms with Crippen molar-refractivity contribution in [2.45, 2.75) is 49.1 Å². The minimum Gasteiger partial charge on any atom is -0.387 e. The molecule has 4 aromatic rings. The maximum Gasteiger partial charge on any atom is 0.325 e. The number of aromatic nitrogens is 8. The molecule has 274 valence electrons. The molecular weight excluding hydrogens is 789 g/mol. The van der Waals surface area contributed by atoms with E-state index in [0.717, 1.165) is 13.4 Å². The van der Waals surface area contributed by atoms with Crippen LogP contribution in [0.1, 0.15) is 12.5 Å². The highest BCUT2D eigenvalue weighted by Crippen LogP contribution is 2.52. The average Bonchev–Trinajstić information content (AvgIpc) is 3.81. The maximum absolute atomic E-state index is 11.3. The van der Waals surface area contributed by atoms with Gasteiger partial charge >= 0.3 is 20.2 Å². The molecule has 2 fully saturated rings. The van der Waals surface area contributed by atoms with Gasteiger partial charge < -0.3 is 64.3 Å². The lowest BCUT2D eigenvalue weighted by molar-refractivity contribution is -0.0558. The molecule has 6 heterocycles. The fourth-order valence-corrected chi connectivity index (χ4v) is 8.08. The van der Waals surface area contributed by atoms with Crippen molar-refractivity contribution in [2.75, 3.05) is 31.8 Å². The predicted octanol–water partition coefficient (Wildman–Crippen LogP) is -1.56. The summed E-state index contributed by atoms with van der Waals surface area (Å²) in [6.45, 7) is -13.6. The standard InChI is InChI=1S/C21H29N10O13P3S3/c1-38-46(36,49)43-14-13(33)9(42-20(14)30-6-28-10-16(22)24-4-26-18(10)30)3-40-47(37,50)44-15-12(32)8(2-39-45(34,35)48)41-21(15)31-7-29-11-17(23)25-5-27-19(11)31/h4-9,12-15,20-21,32-33H,2-3H2,1H3,(H,36,49)(H,37,50)(H2,22,24,26)(H2,23,25,27)(H2,34,35,48)/t8-,9-,12?,13?,14?,15?,20-,21-,46?,47?/m1/s1. The Hall–Kier alpha value is -1.87. The first-order chi connectivity index (χ1) is 23.5. The van der Waals surface area contributed by atoms with Gasteiger partial charge in [-0.05, 0) is 35.4 Å². The molecule has 4 aromatic heterocycles. The second-order valence-electron chi connectivity index (χ2n) is 10.6. The van der Waals surface area contributed by atoms with Gasteiger partial charge in [0.2, 0.25) is 0 Å². The molecule has 6 unspecified atom stereocenters. The first kappa shape index (κ1) is 37.9. The molecule has 2 aliphatic rings. The second kappa shape index (κ2) is 14.5. The molecule has 10 atom stereocenters. The summed E-state index contributed by atoms with van der Waals surface area (Å²) in [5.74, 6) is 0.105. The van der Waals surface area contributed by atoms with Crippen LogP contribution in [0.3, 0.4) is 0 Å². The van der Waals surface area contributed by atoms with E-state index in [1.54, 1.807) is 0 Å². The summed E-state index contributed by atoms with van der Waals surface area (Å²) in [4.78, 5) is 65.2. The van der Waals surface area contributed by atoms with Crippen LogP contribution in [0.25, 0.3) is 22.3 Å². The Morgan fingerprint density at radius 1 is 0.720 bits per heavy atom. The van der Waals surface area contributed by atoms with Crippen LogP contribution >= 0.6 is 20.2 Å². The number of aliphatic hydroxyl groups excluding tert-OH is 2. The number of hydrogen-bond donors (Lipinski definition) is 8. The van der Waals surface area contributed by atoms with Crippen LogP contribution in [-0.4, -0.2) is 126 Å². The number of imidazole rings is 2. The van der Waals surface area contributed by atoms with Crippen molar-refractivity contribution in [3.05, 3.63) is 25.3 Å². The van der Waals surface area contributed by atoms with Crippen molar-refractivity contribution in [3.63, 3.8) is 0 Å². The van der Waals surface area contributed by atoms with E-state index in [2.05, 4.69) is 41.7 Å². The van der Waals surface area contributed by atoms with Gasteiger partial charge in [0.1, 0.15) is 60.3 Å². The summed E-state index contributed by atoms with van der Waals surface area (Å²) in [5.41, 5.74) is 12.6. The third kappa shape index (κ3) is 7.89. The quantitative estimate of drug-likeness (QED) is 0.0707. The number of anilines is 2. The number of ether oxygens (including phenoxy) is 2. The molecule has 0 saturated carbocycles. The van der Waals surface area contributed by atoms with E-state index >= 15 is 0 Å². The van der Waals surface area contributed by atoms with Gasteiger partial charge in [0.15, 0.2) is 35.4 Å². The fraction of sp³-hybridized carbons (Fsp3) is 0.524. The van der Waals surface area contributed by atoms with Gasteiger partial charge in [-0.1, -0.05) is 0 Å². The van der Waals surface area contributed by atoms with Gasteiger partial charge in [0, 0.05) is 7.11 Å². The van der Waals surface area contributed by atoms with Gasteiger partial charge in [-0.2, -0.15) is 0 Å². The molecule has 0 aliphatic carbocycles. The summed E-state index contributed by atoms with van der Waals surface area (Å²) in [6.07, 6.45) is -6.33. The van der Waals surface area contributed by atoms with Crippen LogP contribution in [-0.2, 0) is 67.5 Å². The van der Waals surface area contributed by atoms with Gasteiger partial charge in [-0.3, -0.25) is 18.2 Å². The van der Waals surface area contributed by atoms with Gasteiger partial charge in [-0.25, -0.2) is 29.9 Å². The largest absolute Gasteiger partial charge is 0.387 e. The van der Waals surface area contributed by atoms with Crippen molar-refractivity contribution in [1.82, 2.24) is 39.0 Å². The molecule has 23 nitrogen and oxygen atoms in total. The maximum atomic E-state index is 11.3. The third-order valence-corrected chi connectivity index (χ3v) is 11.5. The predicted molar refractivity (Wildman–Crippen MR) is 180 cm³/mol. The van der Waals surface area contributed by atoms with E-state index in [4.69, 9.17) is 67.2 Å². The molecule has 50 heavy (non-hydrogen) atoms. The minimum atomic E-state index is -4.36. The molecular formula is C21H29N10O13P3S3. The highest BCUT2D eigenvalue weighted by Gasteiger charge is 2.51. The zero-order chi connectivity index (χ0) is 36.2. The molecule has 2 aliphatic heterocycles. The number of aliphatic hydroxyl groups is 2. The number of nitrogen functional groups attached to an aromatic ring is 2. The molecule has 0 bridgehead atoms. The lowest BCUT2D eigenvalue weighted by Gasteiger charge is -2.27. The molecule has 0 spiro atoms. The van der Waals surface area contributed by atoms with Crippen LogP contribution in [0.2, 0.25) is 0 Å². The van der Waals surface area contributed by atoms with Crippen molar-refractivity contribution in [1.29, 1.82) is 0 Å². The number of fused-ring (bicyclic) bond motifs is 2. The van der Waals surface area contributed by atoms with E-state index in [1.165, 1.54) is 28.1 Å². The molecule has 10 N–H and O–H groups in total. The summed E-state index contributed by atoms with van der Waals surface area (Å²) in [6, 6.07) is 0. The lowest BCUT2D eigenvalue weighted by atomic mass is 10.1. The Morgan fingerprint density at radius 2 is 1.16 bits per heavy atom. The summed E-state index contributed by atoms with van der Waals surface area (Å²) >= 11 is 14.8. The average molecular weight is 819 g/mol. The van der Waals surface area contributed by atoms with Crippen LogP contribution in [0.5, 0.6) is 0 Å². The van der Waals surface area contributed by atoms with Gasteiger partial charge in [0.05, 0.1) is 25.9 Å². The van der Waals surface area contributed by atoms with E-state index in [0.29, 0.717) is 0 Å².